The first-order valence-electron chi connectivity index (χ1n) is 6.76. The second-order valence-electron chi connectivity index (χ2n) is 4.68. The molecule has 0 aliphatic carbocycles. The molecule has 20 heavy (non-hydrogen) atoms. The van der Waals surface area contributed by atoms with E-state index in [2.05, 4.69) is 10.3 Å². The summed E-state index contributed by atoms with van der Waals surface area (Å²) in [5, 5.41) is 2.91. The van der Waals surface area contributed by atoms with Crippen molar-refractivity contribution in [3.8, 4) is 0 Å². The topological polar surface area (TPSA) is 72.9 Å². The summed E-state index contributed by atoms with van der Waals surface area (Å²) < 4.78 is 2.04. The van der Waals surface area contributed by atoms with Gasteiger partial charge in [-0.05, 0) is 25.0 Å². The number of amides is 1. The second-order valence-corrected chi connectivity index (χ2v) is 4.68. The summed E-state index contributed by atoms with van der Waals surface area (Å²) in [5.74, 6) is 0.988. The van der Waals surface area contributed by atoms with Crippen LogP contribution in [0.3, 0.4) is 0 Å². The highest BCUT2D eigenvalue weighted by molar-refractivity contribution is 5.91. The van der Waals surface area contributed by atoms with E-state index in [0.29, 0.717) is 13.0 Å². The molecule has 106 valence electrons. The Morgan fingerprint density at radius 1 is 1.40 bits per heavy atom. The van der Waals surface area contributed by atoms with Crippen LogP contribution in [0.1, 0.15) is 24.2 Å². The van der Waals surface area contributed by atoms with Gasteiger partial charge in [-0.15, -0.1) is 0 Å². The third-order valence-corrected chi connectivity index (χ3v) is 3.24. The summed E-state index contributed by atoms with van der Waals surface area (Å²) in [6, 6.07) is 7.61. The molecule has 5 nitrogen and oxygen atoms in total. The van der Waals surface area contributed by atoms with Gasteiger partial charge < -0.3 is 15.6 Å². The number of hydrogen-bond acceptors (Lipinski definition) is 3. The number of benzene rings is 1. The SMILES string of the molecule is Cc1nccn1CCCC(=O)Nc1ccccc1CN. The molecule has 3 N–H and O–H groups in total. The largest absolute Gasteiger partial charge is 0.335 e. The molecule has 1 heterocycles. The van der Waals surface area contributed by atoms with Gasteiger partial charge in [-0.1, -0.05) is 18.2 Å². The molecule has 0 saturated heterocycles. The fourth-order valence-corrected chi connectivity index (χ4v) is 2.08. The molecule has 0 saturated carbocycles. The normalized spacial score (nSPS) is 10.5. The van der Waals surface area contributed by atoms with E-state index < -0.39 is 0 Å². The number of anilines is 1. The zero-order valence-corrected chi connectivity index (χ0v) is 11.7. The first kappa shape index (κ1) is 14.3. The van der Waals surface area contributed by atoms with Gasteiger partial charge in [-0.2, -0.15) is 0 Å². The Bertz CT molecular complexity index is 577. The third kappa shape index (κ3) is 3.68. The number of carbonyl (C=O) groups is 1. The summed E-state index contributed by atoms with van der Waals surface area (Å²) in [7, 11) is 0. The fourth-order valence-electron chi connectivity index (χ4n) is 2.08. The van der Waals surface area contributed by atoms with Crippen LogP contribution < -0.4 is 11.1 Å². The van der Waals surface area contributed by atoms with Gasteiger partial charge in [0, 0.05) is 37.6 Å². The van der Waals surface area contributed by atoms with Crippen molar-refractivity contribution < 1.29 is 4.79 Å². The van der Waals surface area contributed by atoms with Gasteiger partial charge in [0.15, 0.2) is 0 Å². The number of aryl methyl sites for hydroxylation is 2. The molecule has 1 aromatic carbocycles. The Balaban J connectivity index is 1.82. The van der Waals surface area contributed by atoms with E-state index in [9.17, 15) is 4.79 Å². The number of nitrogens with two attached hydrogens (primary N) is 1. The van der Waals surface area contributed by atoms with Gasteiger partial charge in [-0.3, -0.25) is 4.79 Å². The zero-order valence-electron chi connectivity index (χ0n) is 11.7. The molecule has 0 fully saturated rings. The number of hydrogen-bond donors (Lipinski definition) is 2. The maximum Gasteiger partial charge on any atom is 0.224 e. The first-order chi connectivity index (χ1) is 9.70. The van der Waals surface area contributed by atoms with Crippen LogP contribution in [0, 0.1) is 6.92 Å². The molecule has 1 aromatic heterocycles. The van der Waals surface area contributed by atoms with Crippen molar-refractivity contribution in [2.75, 3.05) is 5.32 Å². The third-order valence-electron chi connectivity index (χ3n) is 3.24. The molecule has 0 bridgehead atoms. The molecular weight excluding hydrogens is 252 g/mol. The molecule has 5 heteroatoms. The highest BCUT2D eigenvalue weighted by Gasteiger charge is 2.06. The highest BCUT2D eigenvalue weighted by atomic mass is 16.1. The number of nitrogens with one attached hydrogen (secondary N) is 1. The molecule has 0 atom stereocenters. The van der Waals surface area contributed by atoms with Gasteiger partial charge in [-0.25, -0.2) is 4.98 Å². The van der Waals surface area contributed by atoms with Crippen molar-refractivity contribution >= 4 is 11.6 Å². The van der Waals surface area contributed by atoms with Crippen molar-refractivity contribution in [1.82, 2.24) is 9.55 Å². The minimum Gasteiger partial charge on any atom is -0.335 e. The van der Waals surface area contributed by atoms with Crippen LogP contribution in [0.15, 0.2) is 36.7 Å². The van der Waals surface area contributed by atoms with E-state index in [1.165, 1.54) is 0 Å². The molecule has 2 aromatic rings. The van der Waals surface area contributed by atoms with Crippen LogP contribution in [0.4, 0.5) is 5.69 Å². The average Bonchev–Trinajstić information content (AvgIpc) is 2.85. The molecule has 2 rings (SSSR count). The van der Waals surface area contributed by atoms with Gasteiger partial charge in [0.05, 0.1) is 0 Å². The lowest BCUT2D eigenvalue weighted by Gasteiger charge is -2.10. The smallest absolute Gasteiger partial charge is 0.224 e. The number of para-hydroxylation sites is 1. The van der Waals surface area contributed by atoms with Crippen molar-refractivity contribution in [2.45, 2.75) is 32.9 Å². The quantitative estimate of drug-likeness (QED) is 0.845. The molecule has 0 spiro atoms. The Morgan fingerprint density at radius 3 is 2.90 bits per heavy atom. The molecule has 0 radical (unpaired) electrons. The van der Waals surface area contributed by atoms with Crippen molar-refractivity contribution in [2.24, 2.45) is 5.73 Å². The minimum atomic E-state index is 0.0173. The summed E-state index contributed by atoms with van der Waals surface area (Å²) >= 11 is 0. The Labute approximate surface area is 118 Å². The van der Waals surface area contributed by atoms with E-state index in [0.717, 1.165) is 30.0 Å². The van der Waals surface area contributed by atoms with Crippen LogP contribution in [-0.4, -0.2) is 15.5 Å². The maximum absolute atomic E-state index is 11.9. The monoisotopic (exact) mass is 272 g/mol. The van der Waals surface area contributed by atoms with E-state index in [-0.39, 0.29) is 5.91 Å². The number of imidazole rings is 1. The highest BCUT2D eigenvalue weighted by Crippen LogP contribution is 2.14. The van der Waals surface area contributed by atoms with Crippen molar-refractivity contribution in [3.05, 3.63) is 48.0 Å². The number of aromatic nitrogens is 2. The predicted octanol–water partition coefficient (Wildman–Crippen LogP) is 2.07. The summed E-state index contributed by atoms with van der Waals surface area (Å²) in [4.78, 5) is 16.1. The van der Waals surface area contributed by atoms with Crippen LogP contribution in [0.5, 0.6) is 0 Å². The Kier molecular flexibility index (Phi) is 4.90. The lowest BCUT2D eigenvalue weighted by Crippen LogP contribution is -2.14. The average molecular weight is 272 g/mol. The predicted molar refractivity (Wildman–Crippen MR) is 79.2 cm³/mol. The van der Waals surface area contributed by atoms with Crippen LogP contribution >= 0.6 is 0 Å². The van der Waals surface area contributed by atoms with Gasteiger partial charge in [0.25, 0.3) is 0 Å². The lowest BCUT2D eigenvalue weighted by atomic mass is 10.1. The second kappa shape index (κ2) is 6.86. The van der Waals surface area contributed by atoms with Crippen LogP contribution in [-0.2, 0) is 17.9 Å². The zero-order chi connectivity index (χ0) is 14.4. The number of carbonyl (C=O) groups excluding carboxylic acids is 1. The van der Waals surface area contributed by atoms with E-state index >= 15 is 0 Å². The summed E-state index contributed by atoms with van der Waals surface area (Å²) in [5.41, 5.74) is 7.40. The van der Waals surface area contributed by atoms with Gasteiger partial charge >= 0.3 is 0 Å². The summed E-state index contributed by atoms with van der Waals surface area (Å²) in [6.45, 7) is 3.18. The molecule has 0 unspecified atom stereocenters. The van der Waals surface area contributed by atoms with Crippen LogP contribution in [0.25, 0.3) is 0 Å². The maximum atomic E-state index is 11.9. The molecule has 1 amide bonds. The molecular formula is C15H20N4O. The Hall–Kier alpha value is -2.14. The van der Waals surface area contributed by atoms with Crippen molar-refractivity contribution in [3.63, 3.8) is 0 Å². The molecule has 0 aliphatic heterocycles. The van der Waals surface area contributed by atoms with E-state index in [4.69, 9.17) is 5.73 Å². The lowest BCUT2D eigenvalue weighted by molar-refractivity contribution is -0.116. The number of rotatable bonds is 6. The first-order valence-corrected chi connectivity index (χ1v) is 6.76. The summed E-state index contributed by atoms with van der Waals surface area (Å²) in [6.07, 6.45) is 4.97. The Morgan fingerprint density at radius 2 is 2.20 bits per heavy atom. The fraction of sp³-hybridized carbons (Fsp3) is 0.333. The van der Waals surface area contributed by atoms with Crippen molar-refractivity contribution in [1.29, 1.82) is 0 Å². The molecule has 0 aliphatic rings. The van der Waals surface area contributed by atoms with Crippen LogP contribution in [0.2, 0.25) is 0 Å². The van der Waals surface area contributed by atoms with E-state index in [1.54, 1.807) is 6.20 Å². The van der Waals surface area contributed by atoms with E-state index in [1.807, 2.05) is 42.0 Å². The minimum absolute atomic E-state index is 0.0173. The van der Waals surface area contributed by atoms with Gasteiger partial charge in [0.2, 0.25) is 5.91 Å². The standard InChI is InChI=1S/C15H20N4O/c1-12-17-8-10-19(12)9-4-7-15(20)18-14-6-3-2-5-13(14)11-16/h2-3,5-6,8,10H,4,7,9,11,16H2,1H3,(H,18,20). The van der Waals surface area contributed by atoms with Gasteiger partial charge in [0.1, 0.15) is 5.82 Å². The number of nitrogens with zero attached hydrogens (tertiary/aromatic N) is 2.